The molecule has 3 heterocycles. The van der Waals surface area contributed by atoms with Crippen molar-refractivity contribution in [3.63, 3.8) is 0 Å². The van der Waals surface area contributed by atoms with E-state index in [-0.39, 0.29) is 37.3 Å². The molecule has 3 amide bonds. The number of imide groups is 1. The Hall–Kier alpha value is -1.93. The molecule has 1 aromatic heterocycles. The number of piperidine rings is 1. The highest BCUT2D eigenvalue weighted by Gasteiger charge is 2.51. The number of hydrogen-bond donors (Lipinski definition) is 1. The molecule has 0 unspecified atom stereocenters. The van der Waals surface area contributed by atoms with E-state index in [4.69, 9.17) is 10.5 Å². The van der Waals surface area contributed by atoms with Gasteiger partial charge in [-0.25, -0.2) is 0 Å². The summed E-state index contributed by atoms with van der Waals surface area (Å²) in [6, 6.07) is 0. The van der Waals surface area contributed by atoms with Gasteiger partial charge in [-0.1, -0.05) is 0 Å². The SMILES string of the molecule is COCCN1C(=O)CC[C@@](C)(N2Cc3c(csc3N)C2=O)C1=O. The van der Waals surface area contributed by atoms with Crippen molar-refractivity contribution in [3.8, 4) is 0 Å². The molecular formula is C15H19N3O4S. The molecule has 3 rings (SSSR count). The average molecular weight is 337 g/mol. The summed E-state index contributed by atoms with van der Waals surface area (Å²) in [4.78, 5) is 40.3. The Morgan fingerprint density at radius 2 is 2.13 bits per heavy atom. The maximum atomic E-state index is 12.9. The lowest BCUT2D eigenvalue weighted by Gasteiger charge is -2.43. The molecule has 0 saturated carbocycles. The number of rotatable bonds is 4. The predicted molar refractivity (Wildman–Crippen MR) is 84.8 cm³/mol. The molecule has 1 atom stereocenters. The predicted octanol–water partition coefficient (Wildman–Crippen LogP) is 0.840. The van der Waals surface area contributed by atoms with Crippen LogP contribution in [0.25, 0.3) is 0 Å². The number of nitrogen functional groups attached to an aromatic ring is 1. The zero-order valence-electron chi connectivity index (χ0n) is 13.1. The number of thiophene rings is 1. The van der Waals surface area contributed by atoms with Crippen molar-refractivity contribution < 1.29 is 19.1 Å². The van der Waals surface area contributed by atoms with Gasteiger partial charge in [0.05, 0.1) is 30.3 Å². The largest absolute Gasteiger partial charge is 0.390 e. The van der Waals surface area contributed by atoms with Gasteiger partial charge in [0.2, 0.25) is 5.91 Å². The lowest BCUT2D eigenvalue weighted by atomic mass is 9.87. The van der Waals surface area contributed by atoms with Crippen LogP contribution in [0, 0.1) is 0 Å². The first-order valence-electron chi connectivity index (χ1n) is 7.41. The molecule has 1 fully saturated rings. The first-order valence-corrected chi connectivity index (χ1v) is 8.29. The number of likely N-dealkylation sites (tertiary alicyclic amines) is 1. The van der Waals surface area contributed by atoms with E-state index in [1.165, 1.54) is 23.3 Å². The van der Waals surface area contributed by atoms with Crippen LogP contribution in [0.4, 0.5) is 5.00 Å². The van der Waals surface area contributed by atoms with Crippen LogP contribution < -0.4 is 5.73 Å². The van der Waals surface area contributed by atoms with Crippen LogP contribution in [0.3, 0.4) is 0 Å². The van der Waals surface area contributed by atoms with Gasteiger partial charge in [-0.05, 0) is 13.3 Å². The molecule has 7 nitrogen and oxygen atoms in total. The fourth-order valence-electron chi connectivity index (χ4n) is 3.17. The number of anilines is 1. The van der Waals surface area contributed by atoms with Crippen molar-refractivity contribution in [2.45, 2.75) is 31.8 Å². The molecule has 2 N–H and O–H groups in total. The van der Waals surface area contributed by atoms with Gasteiger partial charge in [0.15, 0.2) is 0 Å². The zero-order chi connectivity index (χ0) is 16.8. The van der Waals surface area contributed by atoms with E-state index in [0.717, 1.165) is 5.56 Å². The molecule has 0 bridgehead atoms. The third-order valence-corrected chi connectivity index (χ3v) is 5.52. The number of ether oxygens (including phenoxy) is 1. The van der Waals surface area contributed by atoms with Crippen LogP contribution in [0.5, 0.6) is 0 Å². The summed E-state index contributed by atoms with van der Waals surface area (Å²) < 4.78 is 4.97. The number of nitrogens with two attached hydrogens (primary N) is 1. The summed E-state index contributed by atoms with van der Waals surface area (Å²) >= 11 is 1.34. The second-order valence-electron chi connectivity index (χ2n) is 6.00. The Kier molecular flexibility index (Phi) is 3.89. The minimum Gasteiger partial charge on any atom is -0.390 e. The van der Waals surface area contributed by atoms with Gasteiger partial charge in [-0.2, -0.15) is 0 Å². The summed E-state index contributed by atoms with van der Waals surface area (Å²) in [5.41, 5.74) is 6.24. The van der Waals surface area contributed by atoms with E-state index < -0.39 is 5.54 Å². The number of carbonyl (C=O) groups is 3. The monoisotopic (exact) mass is 337 g/mol. The van der Waals surface area contributed by atoms with Gasteiger partial charge in [0.1, 0.15) is 5.54 Å². The number of nitrogens with zero attached hydrogens (tertiary/aromatic N) is 2. The molecule has 2 aliphatic heterocycles. The van der Waals surface area contributed by atoms with Gasteiger partial charge in [-0.3, -0.25) is 19.3 Å². The van der Waals surface area contributed by atoms with Gasteiger partial charge in [0.25, 0.3) is 11.8 Å². The number of methoxy groups -OCH3 is 1. The van der Waals surface area contributed by atoms with E-state index in [1.54, 1.807) is 17.2 Å². The van der Waals surface area contributed by atoms with Crippen molar-refractivity contribution in [3.05, 3.63) is 16.5 Å². The second kappa shape index (κ2) is 5.61. The third-order valence-electron chi connectivity index (χ3n) is 4.67. The van der Waals surface area contributed by atoms with Crippen molar-refractivity contribution in [2.75, 3.05) is 26.0 Å². The first kappa shape index (κ1) is 15.9. The highest BCUT2D eigenvalue weighted by molar-refractivity contribution is 7.14. The lowest BCUT2D eigenvalue weighted by Crippen LogP contribution is -2.62. The van der Waals surface area contributed by atoms with E-state index in [9.17, 15) is 14.4 Å². The van der Waals surface area contributed by atoms with E-state index in [2.05, 4.69) is 0 Å². The summed E-state index contributed by atoms with van der Waals surface area (Å²) in [7, 11) is 1.52. The minimum absolute atomic E-state index is 0.190. The molecule has 0 aromatic carbocycles. The fourth-order valence-corrected chi connectivity index (χ4v) is 3.97. The topological polar surface area (TPSA) is 92.9 Å². The average Bonchev–Trinajstić information content (AvgIpc) is 3.05. The second-order valence-corrected chi connectivity index (χ2v) is 6.91. The van der Waals surface area contributed by atoms with Gasteiger partial charge in [0, 0.05) is 24.5 Å². The smallest absolute Gasteiger partial charge is 0.256 e. The summed E-state index contributed by atoms with van der Waals surface area (Å²) in [6.45, 7) is 2.53. The Balaban J connectivity index is 1.88. The van der Waals surface area contributed by atoms with Crippen LogP contribution in [-0.2, 0) is 20.9 Å². The van der Waals surface area contributed by atoms with Gasteiger partial charge < -0.3 is 15.4 Å². The maximum absolute atomic E-state index is 12.9. The normalized spacial score (nSPS) is 24.5. The quantitative estimate of drug-likeness (QED) is 0.822. The molecule has 0 radical (unpaired) electrons. The van der Waals surface area contributed by atoms with Crippen molar-refractivity contribution in [1.82, 2.24) is 9.80 Å². The Labute approximate surface area is 138 Å². The molecule has 124 valence electrons. The molecule has 0 aliphatic carbocycles. The maximum Gasteiger partial charge on any atom is 0.256 e. The van der Waals surface area contributed by atoms with Gasteiger partial charge in [-0.15, -0.1) is 11.3 Å². The minimum atomic E-state index is -1.03. The molecule has 1 aromatic rings. The summed E-state index contributed by atoms with van der Waals surface area (Å²) in [5.74, 6) is -0.749. The van der Waals surface area contributed by atoms with Crippen LogP contribution in [0.1, 0.15) is 35.7 Å². The van der Waals surface area contributed by atoms with E-state index in [0.29, 0.717) is 23.5 Å². The van der Waals surface area contributed by atoms with Crippen molar-refractivity contribution in [1.29, 1.82) is 0 Å². The Bertz CT molecular complexity index is 686. The first-order chi connectivity index (χ1) is 10.9. The van der Waals surface area contributed by atoms with Crippen molar-refractivity contribution >= 4 is 34.1 Å². The van der Waals surface area contributed by atoms with E-state index >= 15 is 0 Å². The summed E-state index contributed by atoms with van der Waals surface area (Å²) in [5, 5.41) is 2.34. The van der Waals surface area contributed by atoms with Crippen LogP contribution >= 0.6 is 11.3 Å². The van der Waals surface area contributed by atoms with E-state index in [1.807, 2.05) is 0 Å². The summed E-state index contributed by atoms with van der Waals surface area (Å²) in [6.07, 6.45) is 0.561. The number of hydrogen-bond acceptors (Lipinski definition) is 6. The standard InChI is InChI=1S/C15H19N3O4S/c1-15(4-3-11(19)17(14(15)21)5-6-22-2)18-7-9-10(13(18)20)8-23-12(9)16/h8H,3-7,16H2,1-2H3/t15-/m1/s1. The van der Waals surface area contributed by atoms with Gasteiger partial charge >= 0.3 is 0 Å². The third kappa shape index (κ3) is 2.33. The number of fused-ring (bicyclic) bond motifs is 1. The Morgan fingerprint density at radius 1 is 1.39 bits per heavy atom. The lowest BCUT2D eigenvalue weighted by molar-refractivity contribution is -0.158. The molecule has 2 aliphatic rings. The molecule has 8 heteroatoms. The molecule has 23 heavy (non-hydrogen) atoms. The Morgan fingerprint density at radius 3 is 2.78 bits per heavy atom. The molecule has 0 spiro atoms. The van der Waals surface area contributed by atoms with Crippen molar-refractivity contribution in [2.24, 2.45) is 0 Å². The fraction of sp³-hybridized carbons (Fsp3) is 0.533. The zero-order valence-corrected chi connectivity index (χ0v) is 13.9. The van der Waals surface area contributed by atoms with Crippen LogP contribution in [0.2, 0.25) is 0 Å². The molecular weight excluding hydrogens is 318 g/mol. The van der Waals surface area contributed by atoms with Crippen LogP contribution in [0.15, 0.2) is 5.38 Å². The number of carbonyl (C=O) groups excluding carboxylic acids is 3. The van der Waals surface area contributed by atoms with Crippen LogP contribution in [-0.4, -0.2) is 53.3 Å². The number of amides is 3. The molecule has 1 saturated heterocycles. The highest BCUT2D eigenvalue weighted by atomic mass is 32.1. The highest BCUT2D eigenvalue weighted by Crippen LogP contribution is 2.40.